The molecule has 0 N–H and O–H groups in total. The number of carbonyl (C=O) groups excluding carboxylic acids is 1. The van der Waals surface area contributed by atoms with E-state index in [2.05, 4.69) is 9.97 Å². The van der Waals surface area contributed by atoms with Gasteiger partial charge in [-0.1, -0.05) is 30.0 Å². The van der Waals surface area contributed by atoms with Gasteiger partial charge in [0.25, 0.3) is 0 Å². The molecule has 0 spiro atoms. The van der Waals surface area contributed by atoms with E-state index in [9.17, 15) is 26.4 Å². The van der Waals surface area contributed by atoms with Crippen LogP contribution in [0.15, 0.2) is 47.5 Å². The molecule has 32 heavy (non-hydrogen) atoms. The molecule has 0 unspecified atom stereocenters. The van der Waals surface area contributed by atoms with Gasteiger partial charge in [0.05, 0.1) is 23.2 Å². The van der Waals surface area contributed by atoms with Crippen molar-refractivity contribution < 1.29 is 26.4 Å². The van der Waals surface area contributed by atoms with Crippen molar-refractivity contribution in [2.24, 2.45) is 0 Å². The summed E-state index contributed by atoms with van der Waals surface area (Å²) in [5.41, 5.74) is 1.84. The summed E-state index contributed by atoms with van der Waals surface area (Å²) in [6.45, 7) is 0.386. The summed E-state index contributed by atoms with van der Waals surface area (Å²) in [5.74, 6) is -1.65. The molecule has 0 amide bonds. The number of hydrogen-bond donors (Lipinski definition) is 0. The van der Waals surface area contributed by atoms with Crippen LogP contribution in [0.4, 0.5) is 18.9 Å². The number of sulfonamides is 1. The standard InChI is InChI=1S/C21H18F3N3O3S2/c1-32(29,30)27-10-4-5-13-11-14(8-9-17(13)27)18(28)12-31-19-15-6-2-3-7-16(15)25-20(26-19)21(22,23)24/h2-3,6-9,11H,4-5,10,12H2,1H3. The second kappa shape index (κ2) is 8.36. The first-order chi connectivity index (χ1) is 15.0. The van der Waals surface area contributed by atoms with Crippen LogP contribution in [0.25, 0.3) is 10.9 Å². The van der Waals surface area contributed by atoms with Gasteiger partial charge in [0, 0.05) is 17.5 Å². The summed E-state index contributed by atoms with van der Waals surface area (Å²) in [6.07, 6.45) is -2.28. The lowest BCUT2D eigenvalue weighted by molar-refractivity contribution is -0.145. The number of benzene rings is 2. The molecule has 1 aromatic heterocycles. The van der Waals surface area contributed by atoms with E-state index in [0.29, 0.717) is 36.0 Å². The quantitative estimate of drug-likeness (QED) is 0.307. The van der Waals surface area contributed by atoms with E-state index in [0.717, 1.165) is 23.6 Å². The number of para-hydroxylation sites is 1. The van der Waals surface area contributed by atoms with Gasteiger partial charge < -0.3 is 0 Å². The molecular formula is C21H18F3N3O3S2. The first-order valence-corrected chi connectivity index (χ1v) is 12.5. The SMILES string of the molecule is CS(=O)(=O)N1CCCc2cc(C(=O)CSc3nc(C(F)(F)F)nc4ccccc34)ccc21. The Morgan fingerprint density at radius 3 is 2.62 bits per heavy atom. The third-order valence-corrected chi connectivity index (χ3v) is 7.21. The van der Waals surface area contributed by atoms with Crippen molar-refractivity contribution in [3.05, 3.63) is 59.4 Å². The Morgan fingerprint density at radius 2 is 1.91 bits per heavy atom. The number of alkyl halides is 3. The van der Waals surface area contributed by atoms with Gasteiger partial charge in [-0.2, -0.15) is 13.2 Å². The summed E-state index contributed by atoms with van der Waals surface area (Å²) >= 11 is 0.918. The minimum absolute atomic E-state index is 0.0810. The average molecular weight is 482 g/mol. The van der Waals surface area contributed by atoms with Gasteiger partial charge in [0.1, 0.15) is 5.03 Å². The number of ketones is 1. The van der Waals surface area contributed by atoms with Gasteiger partial charge in [-0.25, -0.2) is 18.4 Å². The fraction of sp³-hybridized carbons (Fsp3) is 0.286. The van der Waals surface area contributed by atoms with Crippen LogP contribution in [-0.4, -0.2) is 42.7 Å². The normalized spacial score (nSPS) is 14.4. The summed E-state index contributed by atoms with van der Waals surface area (Å²) in [6, 6.07) is 11.1. The summed E-state index contributed by atoms with van der Waals surface area (Å²) in [4.78, 5) is 20.0. The Bertz CT molecular complexity index is 1310. The zero-order valence-electron chi connectivity index (χ0n) is 16.9. The van der Waals surface area contributed by atoms with Crippen LogP contribution in [0.2, 0.25) is 0 Å². The van der Waals surface area contributed by atoms with Crippen LogP contribution >= 0.6 is 11.8 Å². The van der Waals surface area contributed by atoms with E-state index < -0.39 is 22.0 Å². The molecule has 0 saturated heterocycles. The number of halogens is 3. The van der Waals surface area contributed by atoms with Crippen molar-refractivity contribution in [3.8, 4) is 0 Å². The zero-order chi connectivity index (χ0) is 23.1. The number of rotatable bonds is 5. The number of fused-ring (bicyclic) bond motifs is 2. The maximum atomic E-state index is 13.2. The molecule has 0 saturated carbocycles. The summed E-state index contributed by atoms with van der Waals surface area (Å²) in [5, 5.41) is 0.519. The number of Topliss-reactive ketones (excluding diaryl/α,β-unsaturated/α-hetero) is 1. The van der Waals surface area contributed by atoms with E-state index in [4.69, 9.17) is 0 Å². The first kappa shape index (κ1) is 22.5. The lowest BCUT2D eigenvalue weighted by atomic mass is 9.99. The lowest BCUT2D eigenvalue weighted by Gasteiger charge is -2.29. The number of anilines is 1. The smallest absolute Gasteiger partial charge is 0.293 e. The highest BCUT2D eigenvalue weighted by atomic mass is 32.2. The van der Waals surface area contributed by atoms with Crippen molar-refractivity contribution in [2.75, 3.05) is 22.9 Å². The average Bonchev–Trinajstić information content (AvgIpc) is 2.75. The molecule has 11 heteroatoms. The highest BCUT2D eigenvalue weighted by molar-refractivity contribution is 8.00. The van der Waals surface area contributed by atoms with Crippen molar-refractivity contribution >= 4 is 44.2 Å². The summed E-state index contributed by atoms with van der Waals surface area (Å²) < 4.78 is 64.9. The lowest BCUT2D eigenvalue weighted by Crippen LogP contribution is -2.34. The molecule has 1 aliphatic rings. The minimum atomic E-state index is -4.70. The van der Waals surface area contributed by atoms with Gasteiger partial charge >= 0.3 is 6.18 Å². The van der Waals surface area contributed by atoms with Gasteiger partial charge in [-0.15, -0.1) is 0 Å². The van der Waals surface area contributed by atoms with E-state index in [-0.39, 0.29) is 22.1 Å². The Labute approximate surface area is 186 Å². The first-order valence-electron chi connectivity index (χ1n) is 9.64. The van der Waals surface area contributed by atoms with E-state index >= 15 is 0 Å². The Hall–Kier alpha value is -2.66. The highest BCUT2D eigenvalue weighted by Gasteiger charge is 2.35. The minimum Gasteiger partial charge on any atom is -0.293 e. The zero-order valence-corrected chi connectivity index (χ0v) is 18.5. The molecule has 0 aliphatic carbocycles. The van der Waals surface area contributed by atoms with Gasteiger partial charge in [0.2, 0.25) is 15.8 Å². The van der Waals surface area contributed by atoms with Crippen LogP contribution in [-0.2, 0) is 22.6 Å². The maximum absolute atomic E-state index is 13.2. The van der Waals surface area contributed by atoms with E-state index in [1.165, 1.54) is 10.4 Å². The van der Waals surface area contributed by atoms with Crippen LogP contribution in [0.5, 0.6) is 0 Å². The number of aryl methyl sites for hydroxylation is 1. The number of aromatic nitrogens is 2. The predicted octanol–water partition coefficient (Wildman–Crippen LogP) is 4.34. The maximum Gasteiger partial charge on any atom is 0.451 e. The van der Waals surface area contributed by atoms with E-state index in [1.54, 1.807) is 36.4 Å². The Kier molecular flexibility index (Phi) is 5.89. The largest absolute Gasteiger partial charge is 0.451 e. The van der Waals surface area contributed by atoms with Crippen molar-refractivity contribution in [3.63, 3.8) is 0 Å². The third kappa shape index (κ3) is 4.58. The second-order valence-corrected chi connectivity index (χ2v) is 10.2. The number of thioether (sulfide) groups is 1. The van der Waals surface area contributed by atoms with Gasteiger partial charge in [0.15, 0.2) is 5.78 Å². The molecule has 2 aromatic carbocycles. The van der Waals surface area contributed by atoms with Gasteiger partial charge in [-0.05, 0) is 42.7 Å². The van der Waals surface area contributed by atoms with Crippen molar-refractivity contribution in [2.45, 2.75) is 24.0 Å². The molecule has 6 nitrogen and oxygen atoms in total. The molecular weight excluding hydrogens is 463 g/mol. The fourth-order valence-corrected chi connectivity index (χ4v) is 5.49. The molecule has 0 bridgehead atoms. The number of carbonyl (C=O) groups is 1. The predicted molar refractivity (Wildman–Crippen MR) is 117 cm³/mol. The molecule has 3 aromatic rings. The van der Waals surface area contributed by atoms with Crippen molar-refractivity contribution in [1.82, 2.24) is 9.97 Å². The fourth-order valence-electron chi connectivity index (χ4n) is 3.58. The topological polar surface area (TPSA) is 80.2 Å². The molecule has 0 radical (unpaired) electrons. The van der Waals surface area contributed by atoms with Crippen LogP contribution < -0.4 is 4.31 Å². The Balaban J connectivity index is 1.59. The van der Waals surface area contributed by atoms with Crippen LogP contribution in [0.3, 0.4) is 0 Å². The molecule has 2 heterocycles. The molecule has 4 rings (SSSR count). The monoisotopic (exact) mass is 481 g/mol. The second-order valence-electron chi connectivity index (χ2n) is 7.36. The van der Waals surface area contributed by atoms with Crippen LogP contribution in [0, 0.1) is 0 Å². The highest BCUT2D eigenvalue weighted by Crippen LogP contribution is 2.33. The Morgan fingerprint density at radius 1 is 1.16 bits per heavy atom. The summed E-state index contributed by atoms with van der Waals surface area (Å²) in [7, 11) is -3.42. The molecule has 168 valence electrons. The van der Waals surface area contributed by atoms with Crippen molar-refractivity contribution in [1.29, 1.82) is 0 Å². The third-order valence-electron chi connectivity index (χ3n) is 5.04. The molecule has 1 aliphatic heterocycles. The number of nitrogens with zero attached hydrogens (tertiary/aromatic N) is 3. The van der Waals surface area contributed by atoms with Gasteiger partial charge in [-0.3, -0.25) is 9.10 Å². The molecule has 0 atom stereocenters. The van der Waals surface area contributed by atoms with Crippen LogP contribution in [0.1, 0.15) is 28.2 Å². The molecule has 0 fully saturated rings. The van der Waals surface area contributed by atoms with E-state index in [1.807, 2.05) is 0 Å². The number of hydrogen-bond acceptors (Lipinski definition) is 6.